The molecule has 4 nitrogen and oxygen atoms in total. The van der Waals surface area contributed by atoms with Gasteiger partial charge in [0.1, 0.15) is 12.4 Å². The van der Waals surface area contributed by atoms with Crippen LogP contribution < -0.4 is 10.1 Å². The predicted molar refractivity (Wildman–Crippen MR) is 94.4 cm³/mol. The summed E-state index contributed by atoms with van der Waals surface area (Å²) in [5, 5.41) is 3.18. The SMILES string of the molecule is CCC1CCC(NC(=O)c2ccc(OCC3CCCO3)cc2)CC1. The van der Waals surface area contributed by atoms with Gasteiger partial charge in [-0.05, 0) is 68.7 Å². The van der Waals surface area contributed by atoms with Crippen molar-refractivity contribution in [2.75, 3.05) is 13.2 Å². The van der Waals surface area contributed by atoms with E-state index < -0.39 is 0 Å². The van der Waals surface area contributed by atoms with E-state index in [1.165, 1.54) is 19.3 Å². The Balaban J connectivity index is 1.45. The highest BCUT2D eigenvalue weighted by Crippen LogP contribution is 2.26. The molecule has 3 rings (SSSR count). The van der Waals surface area contributed by atoms with Crippen molar-refractivity contribution >= 4 is 5.91 Å². The fraction of sp³-hybridized carbons (Fsp3) is 0.650. The second-order valence-corrected chi connectivity index (χ2v) is 7.07. The smallest absolute Gasteiger partial charge is 0.251 e. The van der Waals surface area contributed by atoms with Gasteiger partial charge < -0.3 is 14.8 Å². The summed E-state index contributed by atoms with van der Waals surface area (Å²) in [6, 6.07) is 7.77. The molecule has 1 unspecified atom stereocenters. The second-order valence-electron chi connectivity index (χ2n) is 7.07. The van der Waals surface area contributed by atoms with Crippen molar-refractivity contribution in [3.05, 3.63) is 29.8 Å². The molecular formula is C20H29NO3. The van der Waals surface area contributed by atoms with Crippen molar-refractivity contribution in [1.82, 2.24) is 5.32 Å². The van der Waals surface area contributed by atoms with Crippen LogP contribution in [0.1, 0.15) is 62.2 Å². The molecule has 1 N–H and O–H groups in total. The van der Waals surface area contributed by atoms with Crippen molar-refractivity contribution in [2.45, 2.75) is 64.0 Å². The van der Waals surface area contributed by atoms with Gasteiger partial charge in [-0.3, -0.25) is 4.79 Å². The monoisotopic (exact) mass is 331 g/mol. The van der Waals surface area contributed by atoms with E-state index in [9.17, 15) is 4.79 Å². The van der Waals surface area contributed by atoms with E-state index in [2.05, 4.69) is 12.2 Å². The zero-order chi connectivity index (χ0) is 16.8. The number of ether oxygens (including phenoxy) is 2. The van der Waals surface area contributed by atoms with E-state index in [-0.39, 0.29) is 12.0 Å². The normalized spacial score (nSPS) is 27.0. The summed E-state index contributed by atoms with van der Waals surface area (Å²) >= 11 is 0. The Hall–Kier alpha value is -1.55. The van der Waals surface area contributed by atoms with E-state index in [0.29, 0.717) is 18.2 Å². The Morgan fingerprint density at radius 3 is 2.54 bits per heavy atom. The van der Waals surface area contributed by atoms with Gasteiger partial charge in [0.25, 0.3) is 5.91 Å². The average molecular weight is 331 g/mol. The van der Waals surface area contributed by atoms with Crippen LogP contribution in [0.2, 0.25) is 0 Å². The van der Waals surface area contributed by atoms with Crippen LogP contribution in [0.5, 0.6) is 5.75 Å². The highest BCUT2D eigenvalue weighted by atomic mass is 16.5. The molecule has 2 aliphatic rings. The molecule has 1 saturated carbocycles. The molecule has 1 aliphatic heterocycles. The number of hydrogen-bond acceptors (Lipinski definition) is 3. The van der Waals surface area contributed by atoms with Gasteiger partial charge in [0.2, 0.25) is 0 Å². The first kappa shape index (κ1) is 17.3. The Labute approximate surface area is 144 Å². The molecule has 0 spiro atoms. The number of carbonyl (C=O) groups excluding carboxylic acids is 1. The molecule has 0 bridgehead atoms. The Morgan fingerprint density at radius 1 is 1.17 bits per heavy atom. The highest BCUT2D eigenvalue weighted by Gasteiger charge is 2.21. The summed E-state index contributed by atoms with van der Waals surface area (Å²) in [7, 11) is 0. The molecule has 1 heterocycles. The maximum absolute atomic E-state index is 12.4. The summed E-state index contributed by atoms with van der Waals surface area (Å²) in [5.74, 6) is 1.67. The van der Waals surface area contributed by atoms with E-state index in [4.69, 9.17) is 9.47 Å². The largest absolute Gasteiger partial charge is 0.491 e. The minimum absolute atomic E-state index is 0.0284. The summed E-state index contributed by atoms with van der Waals surface area (Å²) in [5.41, 5.74) is 0.706. The minimum atomic E-state index is 0.0284. The predicted octanol–water partition coefficient (Wildman–Crippen LogP) is 3.94. The molecule has 1 aromatic carbocycles. The van der Waals surface area contributed by atoms with Crippen LogP contribution >= 0.6 is 0 Å². The molecule has 0 aromatic heterocycles. The molecule has 1 atom stereocenters. The van der Waals surface area contributed by atoms with Crippen LogP contribution in [0.4, 0.5) is 0 Å². The molecule has 1 aromatic rings. The molecule has 1 aliphatic carbocycles. The number of amides is 1. The quantitative estimate of drug-likeness (QED) is 0.859. The third-order valence-corrected chi connectivity index (χ3v) is 5.34. The number of hydrogen-bond donors (Lipinski definition) is 1. The van der Waals surface area contributed by atoms with E-state index >= 15 is 0 Å². The molecule has 1 amide bonds. The maximum Gasteiger partial charge on any atom is 0.251 e. The minimum Gasteiger partial charge on any atom is -0.491 e. The second kappa shape index (κ2) is 8.52. The van der Waals surface area contributed by atoms with Gasteiger partial charge in [-0.15, -0.1) is 0 Å². The van der Waals surface area contributed by atoms with Crippen LogP contribution in [0.25, 0.3) is 0 Å². The van der Waals surface area contributed by atoms with E-state index in [1.807, 2.05) is 24.3 Å². The molecule has 2 fully saturated rings. The van der Waals surface area contributed by atoms with Crippen molar-refractivity contribution in [3.63, 3.8) is 0 Å². The van der Waals surface area contributed by atoms with Crippen molar-refractivity contribution < 1.29 is 14.3 Å². The van der Waals surface area contributed by atoms with Gasteiger partial charge in [-0.1, -0.05) is 13.3 Å². The Morgan fingerprint density at radius 2 is 1.92 bits per heavy atom. The lowest BCUT2D eigenvalue weighted by Gasteiger charge is -2.28. The number of rotatable bonds is 6. The zero-order valence-electron chi connectivity index (χ0n) is 14.6. The lowest BCUT2D eigenvalue weighted by molar-refractivity contribution is 0.0679. The zero-order valence-corrected chi connectivity index (χ0v) is 14.6. The third kappa shape index (κ3) is 4.73. The van der Waals surface area contributed by atoms with Crippen LogP contribution in [0, 0.1) is 5.92 Å². The fourth-order valence-corrected chi connectivity index (χ4v) is 3.65. The van der Waals surface area contributed by atoms with Crippen molar-refractivity contribution in [1.29, 1.82) is 0 Å². The molecule has 0 radical (unpaired) electrons. The lowest BCUT2D eigenvalue weighted by Crippen LogP contribution is -2.37. The highest BCUT2D eigenvalue weighted by molar-refractivity contribution is 5.94. The summed E-state index contributed by atoms with van der Waals surface area (Å²) in [6.07, 6.45) is 8.34. The first-order valence-corrected chi connectivity index (χ1v) is 9.40. The van der Waals surface area contributed by atoms with Crippen LogP contribution in [0.3, 0.4) is 0 Å². The standard InChI is InChI=1S/C20H29NO3/c1-2-15-5-9-17(10-6-15)21-20(22)16-7-11-18(12-8-16)24-14-19-4-3-13-23-19/h7-8,11-12,15,17,19H,2-6,9-10,13-14H2,1H3,(H,21,22). The topological polar surface area (TPSA) is 47.6 Å². The average Bonchev–Trinajstić information content (AvgIpc) is 3.14. The van der Waals surface area contributed by atoms with Gasteiger partial charge in [0.15, 0.2) is 0 Å². The number of benzene rings is 1. The van der Waals surface area contributed by atoms with Gasteiger partial charge in [0, 0.05) is 18.2 Å². The molecule has 1 saturated heterocycles. The first-order valence-electron chi connectivity index (χ1n) is 9.40. The van der Waals surface area contributed by atoms with E-state index in [1.54, 1.807) is 0 Å². The molecule has 4 heteroatoms. The van der Waals surface area contributed by atoms with Crippen molar-refractivity contribution in [3.8, 4) is 5.75 Å². The Bertz CT molecular complexity index is 514. The summed E-state index contributed by atoms with van der Waals surface area (Å²) in [4.78, 5) is 12.4. The number of carbonyl (C=O) groups is 1. The Kier molecular flexibility index (Phi) is 6.13. The molecule has 132 valence electrons. The van der Waals surface area contributed by atoms with Crippen molar-refractivity contribution in [2.24, 2.45) is 5.92 Å². The van der Waals surface area contributed by atoms with E-state index in [0.717, 1.165) is 44.0 Å². The van der Waals surface area contributed by atoms with Gasteiger partial charge in [-0.2, -0.15) is 0 Å². The maximum atomic E-state index is 12.4. The van der Waals surface area contributed by atoms with Gasteiger partial charge in [-0.25, -0.2) is 0 Å². The molecular weight excluding hydrogens is 302 g/mol. The van der Waals surface area contributed by atoms with Gasteiger partial charge in [0.05, 0.1) is 6.10 Å². The van der Waals surface area contributed by atoms with Crippen LogP contribution in [-0.4, -0.2) is 31.3 Å². The molecule has 24 heavy (non-hydrogen) atoms. The van der Waals surface area contributed by atoms with Crippen LogP contribution in [0.15, 0.2) is 24.3 Å². The van der Waals surface area contributed by atoms with Gasteiger partial charge >= 0.3 is 0 Å². The summed E-state index contributed by atoms with van der Waals surface area (Å²) in [6.45, 7) is 3.69. The van der Waals surface area contributed by atoms with Crippen LogP contribution in [-0.2, 0) is 4.74 Å². The number of nitrogens with one attached hydrogen (secondary N) is 1. The summed E-state index contributed by atoms with van der Waals surface area (Å²) < 4.78 is 11.3. The fourth-order valence-electron chi connectivity index (χ4n) is 3.65. The lowest BCUT2D eigenvalue weighted by atomic mass is 9.84. The third-order valence-electron chi connectivity index (χ3n) is 5.34. The first-order chi connectivity index (χ1) is 11.7.